The third-order valence-electron chi connectivity index (χ3n) is 4.90. The van der Waals surface area contributed by atoms with Crippen LogP contribution in [-0.4, -0.2) is 29.2 Å². The number of amides is 3. The molecule has 6 nitrogen and oxygen atoms in total. The average Bonchev–Trinajstić information content (AvgIpc) is 3.26. The van der Waals surface area contributed by atoms with Gasteiger partial charge in [-0.15, -0.1) is 0 Å². The summed E-state index contributed by atoms with van der Waals surface area (Å²) in [6.07, 6.45) is 6.50. The van der Waals surface area contributed by atoms with Gasteiger partial charge in [-0.05, 0) is 30.4 Å². The molecule has 2 heterocycles. The minimum atomic E-state index is -0.349. The molecule has 1 saturated heterocycles. The van der Waals surface area contributed by atoms with Crippen LogP contribution in [0.3, 0.4) is 0 Å². The van der Waals surface area contributed by atoms with E-state index >= 15 is 0 Å². The summed E-state index contributed by atoms with van der Waals surface area (Å²) in [7, 11) is 0. The normalized spacial score (nSPS) is 31.9. The van der Waals surface area contributed by atoms with Gasteiger partial charge in [-0.2, -0.15) is 0 Å². The van der Waals surface area contributed by atoms with Crippen molar-refractivity contribution in [2.75, 3.05) is 6.54 Å². The quantitative estimate of drug-likeness (QED) is 0.656. The average molecular weight is 300 g/mol. The highest BCUT2D eigenvalue weighted by atomic mass is 16.3. The zero-order chi connectivity index (χ0) is 15.3. The van der Waals surface area contributed by atoms with Crippen molar-refractivity contribution in [1.29, 1.82) is 0 Å². The van der Waals surface area contributed by atoms with E-state index in [1.165, 1.54) is 6.26 Å². The van der Waals surface area contributed by atoms with Gasteiger partial charge in [-0.1, -0.05) is 12.2 Å². The number of furan rings is 1. The number of hydrogen-bond donors (Lipinski definition) is 1. The zero-order valence-corrected chi connectivity index (χ0v) is 11.9. The highest BCUT2D eigenvalue weighted by Gasteiger charge is 2.59. The molecule has 6 heteroatoms. The summed E-state index contributed by atoms with van der Waals surface area (Å²) >= 11 is 0. The van der Waals surface area contributed by atoms with Crippen molar-refractivity contribution in [3.8, 4) is 0 Å². The van der Waals surface area contributed by atoms with E-state index < -0.39 is 0 Å². The Balaban J connectivity index is 1.40. The number of carbonyl (C=O) groups is 3. The number of rotatable bonds is 4. The molecule has 114 valence electrons. The first-order valence-electron chi connectivity index (χ1n) is 7.48. The lowest BCUT2D eigenvalue weighted by molar-refractivity contribution is -0.144. The van der Waals surface area contributed by atoms with Crippen molar-refractivity contribution in [2.45, 2.75) is 13.0 Å². The van der Waals surface area contributed by atoms with Crippen molar-refractivity contribution in [3.63, 3.8) is 0 Å². The minimum absolute atomic E-state index is 0.169. The number of nitrogens with one attached hydrogen (secondary N) is 1. The van der Waals surface area contributed by atoms with Gasteiger partial charge in [0.25, 0.3) is 0 Å². The van der Waals surface area contributed by atoms with E-state index in [-0.39, 0.29) is 54.5 Å². The summed E-state index contributed by atoms with van der Waals surface area (Å²) in [4.78, 5) is 37.9. The van der Waals surface area contributed by atoms with E-state index in [2.05, 4.69) is 5.32 Å². The fraction of sp³-hybridized carbons (Fsp3) is 0.438. The molecule has 22 heavy (non-hydrogen) atoms. The van der Waals surface area contributed by atoms with E-state index in [0.717, 1.165) is 11.3 Å². The van der Waals surface area contributed by atoms with Crippen LogP contribution in [0.4, 0.5) is 0 Å². The molecule has 0 radical (unpaired) electrons. The van der Waals surface area contributed by atoms with E-state index in [9.17, 15) is 14.4 Å². The van der Waals surface area contributed by atoms with Crippen LogP contribution in [0.1, 0.15) is 12.2 Å². The van der Waals surface area contributed by atoms with Crippen molar-refractivity contribution < 1.29 is 18.8 Å². The fourth-order valence-electron chi connectivity index (χ4n) is 3.92. The molecular formula is C16H16N2O4. The van der Waals surface area contributed by atoms with Crippen LogP contribution in [0.15, 0.2) is 35.0 Å². The Morgan fingerprint density at radius 2 is 1.91 bits per heavy atom. The maximum atomic E-state index is 12.4. The Morgan fingerprint density at radius 1 is 1.23 bits per heavy atom. The lowest BCUT2D eigenvalue weighted by Gasteiger charge is -2.16. The summed E-state index contributed by atoms with van der Waals surface area (Å²) in [5.74, 6) is -0.268. The van der Waals surface area contributed by atoms with Crippen molar-refractivity contribution >= 4 is 17.7 Å². The van der Waals surface area contributed by atoms with Gasteiger partial charge >= 0.3 is 0 Å². The van der Waals surface area contributed by atoms with Crippen LogP contribution in [0.25, 0.3) is 0 Å². The second kappa shape index (κ2) is 4.83. The lowest BCUT2D eigenvalue weighted by atomic mass is 9.85. The van der Waals surface area contributed by atoms with Crippen LogP contribution in [-0.2, 0) is 20.9 Å². The SMILES string of the molecule is O=C(CN1C(=O)[C@@H]2[C@H](C1=O)[C@@H]1C=C[C@@H]2C1)NCc1ccco1. The van der Waals surface area contributed by atoms with Crippen LogP contribution < -0.4 is 5.32 Å². The number of likely N-dealkylation sites (tertiary alicyclic amines) is 1. The zero-order valence-electron chi connectivity index (χ0n) is 11.9. The first-order chi connectivity index (χ1) is 10.6. The van der Waals surface area contributed by atoms with Gasteiger partial charge in [-0.25, -0.2) is 0 Å². The molecular weight excluding hydrogens is 284 g/mol. The van der Waals surface area contributed by atoms with Gasteiger partial charge in [0.05, 0.1) is 24.6 Å². The molecule has 0 spiro atoms. The Hall–Kier alpha value is -2.37. The highest BCUT2D eigenvalue weighted by molar-refractivity contribution is 6.08. The van der Waals surface area contributed by atoms with E-state index in [0.29, 0.717) is 5.76 Å². The predicted octanol–water partition coefficient (Wildman–Crippen LogP) is 0.703. The number of imide groups is 1. The number of nitrogens with zero attached hydrogens (tertiary/aromatic N) is 1. The van der Waals surface area contributed by atoms with Crippen LogP contribution in [0.5, 0.6) is 0 Å². The molecule has 0 unspecified atom stereocenters. The molecule has 3 amide bonds. The predicted molar refractivity (Wildman–Crippen MR) is 75.0 cm³/mol. The van der Waals surface area contributed by atoms with Gasteiger partial charge in [-0.3, -0.25) is 19.3 Å². The van der Waals surface area contributed by atoms with Gasteiger partial charge in [0, 0.05) is 0 Å². The molecule has 1 aliphatic heterocycles. The number of hydrogen-bond acceptors (Lipinski definition) is 4. The van der Waals surface area contributed by atoms with Crippen LogP contribution in [0, 0.1) is 23.7 Å². The van der Waals surface area contributed by atoms with Gasteiger partial charge in [0.1, 0.15) is 12.3 Å². The smallest absolute Gasteiger partial charge is 0.240 e. The van der Waals surface area contributed by atoms with Crippen molar-refractivity contribution in [2.24, 2.45) is 23.7 Å². The molecule has 2 bridgehead atoms. The fourth-order valence-corrected chi connectivity index (χ4v) is 3.92. The van der Waals surface area contributed by atoms with Crippen molar-refractivity contribution in [3.05, 3.63) is 36.3 Å². The summed E-state index contributed by atoms with van der Waals surface area (Å²) in [5, 5.41) is 2.66. The molecule has 1 aromatic heterocycles. The second-order valence-corrected chi connectivity index (χ2v) is 6.12. The highest BCUT2D eigenvalue weighted by Crippen LogP contribution is 2.52. The summed E-state index contributed by atoms with van der Waals surface area (Å²) in [6, 6.07) is 3.49. The maximum absolute atomic E-state index is 12.4. The molecule has 2 aliphatic carbocycles. The van der Waals surface area contributed by atoms with Gasteiger partial charge in [0.15, 0.2) is 0 Å². The van der Waals surface area contributed by atoms with E-state index in [1.807, 2.05) is 12.2 Å². The van der Waals surface area contributed by atoms with Gasteiger partial charge in [0.2, 0.25) is 17.7 Å². The van der Waals surface area contributed by atoms with Crippen LogP contribution in [0.2, 0.25) is 0 Å². The lowest BCUT2D eigenvalue weighted by Crippen LogP contribution is -2.41. The largest absolute Gasteiger partial charge is 0.467 e. The third-order valence-corrected chi connectivity index (χ3v) is 4.90. The second-order valence-electron chi connectivity index (χ2n) is 6.12. The van der Waals surface area contributed by atoms with Gasteiger partial charge < -0.3 is 9.73 Å². The first-order valence-corrected chi connectivity index (χ1v) is 7.48. The molecule has 2 fully saturated rings. The summed E-state index contributed by atoms with van der Waals surface area (Å²) < 4.78 is 5.12. The minimum Gasteiger partial charge on any atom is -0.467 e. The van der Waals surface area contributed by atoms with Crippen molar-refractivity contribution in [1.82, 2.24) is 10.2 Å². The molecule has 3 aliphatic rings. The molecule has 1 N–H and O–H groups in total. The Morgan fingerprint density at radius 3 is 2.50 bits per heavy atom. The molecule has 4 atom stereocenters. The number of carbonyl (C=O) groups excluding carboxylic acids is 3. The molecule has 4 rings (SSSR count). The summed E-state index contributed by atoms with van der Waals surface area (Å²) in [6.45, 7) is 0.0481. The van der Waals surface area contributed by atoms with E-state index in [1.54, 1.807) is 12.1 Å². The number of fused-ring (bicyclic) bond motifs is 5. The monoisotopic (exact) mass is 300 g/mol. The molecule has 1 saturated carbocycles. The molecule has 0 aromatic carbocycles. The van der Waals surface area contributed by atoms with E-state index in [4.69, 9.17) is 4.42 Å². The summed E-state index contributed by atoms with van der Waals surface area (Å²) in [5.41, 5.74) is 0. The topological polar surface area (TPSA) is 79.6 Å². The molecule has 1 aromatic rings. The maximum Gasteiger partial charge on any atom is 0.240 e. The Labute approximate surface area is 127 Å². The number of allylic oxidation sites excluding steroid dienone is 2. The van der Waals surface area contributed by atoms with Crippen LogP contribution >= 0.6 is 0 Å². The first kappa shape index (κ1) is 13.3. The Bertz CT molecular complexity index is 634. The Kier molecular flexibility index (Phi) is 2.92. The standard InChI is InChI=1S/C16H16N2O4/c19-12(17-7-11-2-1-5-22-11)8-18-15(20)13-9-3-4-10(6-9)14(13)16(18)21/h1-5,9-10,13-14H,6-8H2,(H,17,19)/t9-,10-,13-,14+/m1/s1. The third kappa shape index (κ3) is 1.90.